The molecule has 2 aromatic carbocycles. The third-order valence-corrected chi connectivity index (χ3v) is 3.80. The summed E-state index contributed by atoms with van der Waals surface area (Å²) in [6.45, 7) is 0.442. The van der Waals surface area contributed by atoms with Crippen molar-refractivity contribution in [2.24, 2.45) is 5.73 Å². The monoisotopic (exact) mass is 366 g/mol. The average Bonchev–Trinajstić information content (AvgIpc) is 2.58. The van der Waals surface area contributed by atoms with Crippen LogP contribution < -0.4 is 16.4 Å². The molecule has 0 aliphatic carbocycles. The lowest BCUT2D eigenvalue weighted by molar-refractivity contribution is -0.682. The molecule has 0 aliphatic rings. The first-order chi connectivity index (χ1) is 12.3. The topological polar surface area (TPSA) is 88.8 Å². The van der Waals surface area contributed by atoms with E-state index in [1.165, 1.54) is 12.1 Å². The van der Waals surface area contributed by atoms with Gasteiger partial charge in [0.05, 0.1) is 12.1 Å². The highest BCUT2D eigenvalue weighted by molar-refractivity contribution is 5.96. The van der Waals surface area contributed by atoms with Crippen molar-refractivity contribution in [2.75, 3.05) is 6.54 Å². The van der Waals surface area contributed by atoms with Gasteiger partial charge in [0.15, 0.2) is 6.04 Å². The van der Waals surface area contributed by atoms with Crippen LogP contribution in [0.3, 0.4) is 0 Å². The van der Waals surface area contributed by atoms with Crippen molar-refractivity contribution in [3.05, 3.63) is 71.3 Å². The molecule has 0 spiro atoms. The number of alkyl halides is 3. The molecule has 0 fully saturated rings. The molecular formula is C18H19F3N3O2+. The van der Waals surface area contributed by atoms with Crippen LogP contribution in [0, 0.1) is 0 Å². The fraction of sp³-hybridized carbons (Fsp3) is 0.222. The number of carbonyl (C=O) groups excluding carboxylic acids is 2. The molecule has 2 aromatic rings. The van der Waals surface area contributed by atoms with E-state index in [4.69, 9.17) is 5.73 Å². The first kappa shape index (κ1) is 19.5. The predicted octanol–water partition coefficient (Wildman–Crippen LogP) is 1.75. The lowest BCUT2D eigenvalue weighted by Gasteiger charge is -2.15. The van der Waals surface area contributed by atoms with E-state index in [9.17, 15) is 22.8 Å². The van der Waals surface area contributed by atoms with Gasteiger partial charge in [-0.25, -0.2) is 4.79 Å². The van der Waals surface area contributed by atoms with Crippen molar-refractivity contribution >= 4 is 11.9 Å². The van der Waals surface area contributed by atoms with Gasteiger partial charge < -0.3 is 11.1 Å². The van der Waals surface area contributed by atoms with Crippen molar-refractivity contribution in [2.45, 2.75) is 18.6 Å². The fourth-order valence-electron chi connectivity index (χ4n) is 2.53. The minimum Gasteiger partial charge on any atom is -0.351 e. The molecule has 138 valence electrons. The Morgan fingerprint density at radius 3 is 2.19 bits per heavy atom. The summed E-state index contributed by atoms with van der Waals surface area (Å²) in [6, 6.07) is 12.1. The second-order valence-corrected chi connectivity index (χ2v) is 5.71. The van der Waals surface area contributed by atoms with E-state index in [-0.39, 0.29) is 0 Å². The van der Waals surface area contributed by atoms with Crippen LogP contribution in [0.4, 0.5) is 18.0 Å². The van der Waals surface area contributed by atoms with Gasteiger partial charge in [0.25, 0.3) is 5.91 Å². The van der Waals surface area contributed by atoms with Gasteiger partial charge in [-0.1, -0.05) is 42.5 Å². The summed E-state index contributed by atoms with van der Waals surface area (Å²) in [6.07, 6.45) is -3.90. The number of hydrogen-bond acceptors (Lipinski definition) is 2. The Kier molecular flexibility index (Phi) is 6.35. The first-order valence-electron chi connectivity index (χ1n) is 7.92. The van der Waals surface area contributed by atoms with Crippen LogP contribution in [0.15, 0.2) is 54.6 Å². The zero-order chi connectivity index (χ0) is 19.2. The van der Waals surface area contributed by atoms with E-state index < -0.39 is 29.7 Å². The Labute approximate surface area is 148 Å². The van der Waals surface area contributed by atoms with Crippen LogP contribution in [0.5, 0.6) is 0 Å². The smallest absolute Gasteiger partial charge is 0.351 e. The number of nitrogens with two attached hydrogens (primary N) is 2. The zero-order valence-electron chi connectivity index (χ0n) is 13.8. The summed E-state index contributed by atoms with van der Waals surface area (Å²) in [4.78, 5) is 23.1. The van der Waals surface area contributed by atoms with Crippen LogP contribution in [-0.2, 0) is 17.4 Å². The number of nitrogens with one attached hydrogen (secondary N) is 1. The molecule has 5 nitrogen and oxygen atoms in total. The van der Waals surface area contributed by atoms with Crippen LogP contribution in [0.25, 0.3) is 0 Å². The highest BCUT2D eigenvalue weighted by Gasteiger charge is 2.30. The highest BCUT2D eigenvalue weighted by atomic mass is 19.4. The molecular weight excluding hydrogens is 347 g/mol. The van der Waals surface area contributed by atoms with Gasteiger partial charge in [0.2, 0.25) is 0 Å². The van der Waals surface area contributed by atoms with E-state index in [0.29, 0.717) is 18.5 Å². The fourth-order valence-corrected chi connectivity index (χ4v) is 2.53. The molecule has 26 heavy (non-hydrogen) atoms. The molecule has 5 N–H and O–H groups in total. The number of primary amides is 1. The largest absolute Gasteiger partial charge is 0.416 e. The van der Waals surface area contributed by atoms with E-state index >= 15 is 0 Å². The molecule has 0 radical (unpaired) electrons. The summed E-state index contributed by atoms with van der Waals surface area (Å²) in [5.74, 6) is -0.545. The second-order valence-electron chi connectivity index (χ2n) is 5.71. The Balaban J connectivity index is 2.01. The van der Waals surface area contributed by atoms with Gasteiger partial charge in [-0.2, -0.15) is 13.2 Å². The zero-order valence-corrected chi connectivity index (χ0v) is 13.8. The third kappa shape index (κ3) is 5.59. The number of hydrogen-bond donors (Lipinski definition) is 3. The number of benzene rings is 2. The summed E-state index contributed by atoms with van der Waals surface area (Å²) >= 11 is 0. The number of carbonyl (C=O) groups is 2. The lowest BCUT2D eigenvalue weighted by Crippen LogP contribution is -2.88. The molecule has 0 heterocycles. The maximum atomic E-state index is 12.6. The number of urea groups is 1. The average molecular weight is 366 g/mol. The highest BCUT2D eigenvalue weighted by Crippen LogP contribution is 2.29. The van der Waals surface area contributed by atoms with E-state index in [2.05, 4.69) is 5.32 Å². The minimum atomic E-state index is -4.37. The van der Waals surface area contributed by atoms with Crippen molar-refractivity contribution in [3.63, 3.8) is 0 Å². The van der Waals surface area contributed by atoms with Crippen molar-refractivity contribution in [1.82, 2.24) is 5.32 Å². The van der Waals surface area contributed by atoms with Gasteiger partial charge in [-0.05, 0) is 17.7 Å². The van der Waals surface area contributed by atoms with Crippen LogP contribution in [0.1, 0.15) is 22.7 Å². The molecule has 2 rings (SSSR count). The molecule has 0 aromatic heterocycles. The molecule has 1 atom stereocenters. The van der Waals surface area contributed by atoms with Gasteiger partial charge in [0.1, 0.15) is 0 Å². The third-order valence-electron chi connectivity index (χ3n) is 3.80. The quantitative estimate of drug-likeness (QED) is 0.727. The van der Waals surface area contributed by atoms with Crippen LogP contribution in [0.2, 0.25) is 0 Å². The van der Waals surface area contributed by atoms with Gasteiger partial charge in [0, 0.05) is 12.0 Å². The summed E-state index contributed by atoms with van der Waals surface area (Å²) in [7, 11) is 0. The molecule has 3 amide bonds. The maximum absolute atomic E-state index is 12.6. The number of rotatable bonds is 6. The molecule has 0 aliphatic heterocycles. The number of quaternary nitrogens is 1. The molecule has 8 heteroatoms. The predicted molar refractivity (Wildman–Crippen MR) is 88.8 cm³/mol. The molecule has 0 unspecified atom stereocenters. The van der Waals surface area contributed by atoms with Gasteiger partial charge in [-0.3, -0.25) is 10.1 Å². The van der Waals surface area contributed by atoms with Gasteiger partial charge in [-0.15, -0.1) is 0 Å². The van der Waals surface area contributed by atoms with Gasteiger partial charge >= 0.3 is 12.2 Å². The molecule has 0 saturated heterocycles. The molecule has 0 bridgehead atoms. The summed E-state index contributed by atoms with van der Waals surface area (Å²) in [5.41, 5.74) is 5.71. The van der Waals surface area contributed by atoms with Crippen molar-refractivity contribution in [1.29, 1.82) is 0 Å². The first-order valence-corrected chi connectivity index (χ1v) is 7.92. The van der Waals surface area contributed by atoms with E-state index in [0.717, 1.165) is 17.7 Å². The standard InChI is InChI=1S/C18H18F3N3O2/c19-18(20,21)14-8-6-12(7-9-14)10-11-23-15(16(25)24-17(22)26)13-4-2-1-3-5-13/h1-9,15,23H,10-11H2,(H3,22,24,25,26)/p+1/t15-/m0/s1. The number of imide groups is 1. The Bertz CT molecular complexity index is 747. The maximum Gasteiger partial charge on any atom is 0.416 e. The Morgan fingerprint density at radius 2 is 1.65 bits per heavy atom. The van der Waals surface area contributed by atoms with Crippen LogP contribution >= 0.6 is 0 Å². The Hall–Kier alpha value is -2.87. The van der Waals surface area contributed by atoms with E-state index in [1.807, 2.05) is 0 Å². The molecule has 0 saturated carbocycles. The summed E-state index contributed by atoms with van der Waals surface area (Å²) < 4.78 is 37.7. The Morgan fingerprint density at radius 1 is 1.04 bits per heavy atom. The van der Waals surface area contributed by atoms with Crippen LogP contribution in [-0.4, -0.2) is 18.5 Å². The normalized spacial score (nSPS) is 12.4. The second kappa shape index (κ2) is 8.48. The number of amides is 3. The minimum absolute atomic E-state index is 0.442. The number of halogens is 3. The van der Waals surface area contributed by atoms with E-state index in [1.54, 1.807) is 35.6 Å². The lowest BCUT2D eigenvalue weighted by atomic mass is 10.0. The van der Waals surface area contributed by atoms with Crippen molar-refractivity contribution < 1.29 is 28.1 Å². The van der Waals surface area contributed by atoms with Crippen molar-refractivity contribution in [3.8, 4) is 0 Å². The SMILES string of the molecule is NC(=O)NC(=O)[C@@H]([NH2+]CCc1ccc(C(F)(F)F)cc1)c1ccccc1. The summed E-state index contributed by atoms with van der Waals surface area (Å²) in [5, 5.41) is 3.77.